The number of carbonyl (C=O) groups excluding carboxylic acids is 2. The van der Waals surface area contributed by atoms with Crippen LogP contribution in [0.1, 0.15) is 30.7 Å². The van der Waals surface area contributed by atoms with Gasteiger partial charge < -0.3 is 20.1 Å². The zero-order chi connectivity index (χ0) is 19.6. The summed E-state index contributed by atoms with van der Waals surface area (Å²) >= 11 is 0. The standard InChI is InChI=1S/C18H22FN3O5/c1-27-15-9-22(18(25)26)7-6-12(15)11-3-2-10(8-13(11)19)20-14-4-5-16(23)21-17(14)24/h2-3,8,12,14-15,20H,4-7,9H2,1H3,(H,25,26)(H,21,23,24)/t12?,14?,15-/m1/s1. The number of likely N-dealkylation sites (tertiary alicyclic amines) is 1. The Balaban J connectivity index is 1.72. The lowest BCUT2D eigenvalue weighted by Crippen LogP contribution is -2.47. The SMILES string of the molecule is CO[C@@H]1CN(C(=O)O)CCC1c1ccc(NC2CCC(=O)NC2=O)cc1F. The molecule has 8 nitrogen and oxygen atoms in total. The van der Waals surface area contributed by atoms with Gasteiger partial charge in [-0.1, -0.05) is 6.07 Å². The molecular formula is C18H22FN3O5. The largest absolute Gasteiger partial charge is 0.465 e. The van der Waals surface area contributed by atoms with E-state index in [-0.39, 0.29) is 24.8 Å². The van der Waals surface area contributed by atoms with Gasteiger partial charge in [-0.15, -0.1) is 0 Å². The summed E-state index contributed by atoms with van der Waals surface area (Å²) in [5.74, 6) is -1.42. The first-order valence-corrected chi connectivity index (χ1v) is 8.79. The molecule has 0 aromatic heterocycles. The van der Waals surface area contributed by atoms with Crippen molar-refractivity contribution in [2.24, 2.45) is 0 Å². The second kappa shape index (κ2) is 7.91. The number of carboxylic acid groups (broad SMARTS) is 1. The number of nitrogens with zero attached hydrogens (tertiary/aromatic N) is 1. The molecule has 3 atom stereocenters. The van der Waals surface area contributed by atoms with Crippen LogP contribution in [0.5, 0.6) is 0 Å². The molecule has 3 rings (SSSR count). The van der Waals surface area contributed by atoms with Crippen molar-refractivity contribution in [2.45, 2.75) is 37.3 Å². The minimum atomic E-state index is -1.01. The van der Waals surface area contributed by atoms with Gasteiger partial charge in [-0.05, 0) is 30.5 Å². The smallest absolute Gasteiger partial charge is 0.407 e. The molecule has 2 aliphatic heterocycles. The Morgan fingerprint density at radius 2 is 2.15 bits per heavy atom. The fourth-order valence-corrected chi connectivity index (χ4v) is 3.63. The number of piperidine rings is 2. The topological polar surface area (TPSA) is 108 Å². The Morgan fingerprint density at radius 3 is 2.78 bits per heavy atom. The van der Waals surface area contributed by atoms with E-state index >= 15 is 0 Å². The van der Waals surface area contributed by atoms with E-state index in [9.17, 15) is 18.8 Å². The highest BCUT2D eigenvalue weighted by Crippen LogP contribution is 2.33. The molecule has 1 aromatic rings. The molecule has 2 heterocycles. The Labute approximate surface area is 155 Å². The molecule has 2 saturated heterocycles. The minimum absolute atomic E-state index is 0.187. The summed E-state index contributed by atoms with van der Waals surface area (Å²) in [6.45, 7) is 0.502. The third-order valence-corrected chi connectivity index (χ3v) is 5.11. The van der Waals surface area contributed by atoms with Gasteiger partial charge in [0, 0.05) is 31.7 Å². The normalized spacial score (nSPS) is 25.9. The molecule has 0 aliphatic carbocycles. The first-order valence-electron chi connectivity index (χ1n) is 8.79. The number of hydrogen-bond acceptors (Lipinski definition) is 5. The Kier molecular flexibility index (Phi) is 5.59. The summed E-state index contributed by atoms with van der Waals surface area (Å²) in [4.78, 5) is 35.4. The summed E-state index contributed by atoms with van der Waals surface area (Å²) in [6.07, 6.45) is -0.394. The molecule has 0 radical (unpaired) electrons. The van der Waals surface area contributed by atoms with Gasteiger partial charge in [-0.25, -0.2) is 9.18 Å². The van der Waals surface area contributed by atoms with E-state index in [2.05, 4.69) is 10.6 Å². The quantitative estimate of drug-likeness (QED) is 0.685. The molecule has 0 spiro atoms. The third kappa shape index (κ3) is 4.19. The number of hydrogen-bond donors (Lipinski definition) is 3. The molecule has 3 N–H and O–H groups in total. The van der Waals surface area contributed by atoms with Crippen LogP contribution < -0.4 is 10.6 Å². The van der Waals surface area contributed by atoms with E-state index in [0.29, 0.717) is 30.6 Å². The monoisotopic (exact) mass is 379 g/mol. The van der Waals surface area contributed by atoms with Crippen LogP contribution in [-0.2, 0) is 14.3 Å². The van der Waals surface area contributed by atoms with Crippen LogP contribution in [0.3, 0.4) is 0 Å². The second-order valence-corrected chi connectivity index (χ2v) is 6.78. The minimum Gasteiger partial charge on any atom is -0.465 e. The molecule has 146 valence electrons. The van der Waals surface area contributed by atoms with E-state index in [1.165, 1.54) is 18.1 Å². The van der Waals surface area contributed by atoms with Crippen molar-refractivity contribution >= 4 is 23.6 Å². The van der Waals surface area contributed by atoms with E-state index in [0.717, 1.165) is 0 Å². The van der Waals surface area contributed by atoms with Gasteiger partial charge in [-0.2, -0.15) is 0 Å². The van der Waals surface area contributed by atoms with Crippen molar-refractivity contribution in [2.75, 3.05) is 25.5 Å². The van der Waals surface area contributed by atoms with Crippen molar-refractivity contribution in [3.63, 3.8) is 0 Å². The Hall–Kier alpha value is -2.68. The Bertz CT molecular complexity index is 757. The molecule has 2 unspecified atom stereocenters. The molecule has 2 aliphatic rings. The fourth-order valence-electron chi connectivity index (χ4n) is 3.63. The van der Waals surface area contributed by atoms with Crippen LogP contribution in [0.25, 0.3) is 0 Å². The number of nitrogens with one attached hydrogen (secondary N) is 2. The van der Waals surface area contributed by atoms with Crippen molar-refractivity contribution in [3.8, 4) is 0 Å². The second-order valence-electron chi connectivity index (χ2n) is 6.78. The zero-order valence-electron chi connectivity index (χ0n) is 14.9. The van der Waals surface area contributed by atoms with Gasteiger partial charge in [0.25, 0.3) is 0 Å². The maximum Gasteiger partial charge on any atom is 0.407 e. The van der Waals surface area contributed by atoms with Gasteiger partial charge in [0.2, 0.25) is 11.8 Å². The van der Waals surface area contributed by atoms with Gasteiger partial charge in [-0.3, -0.25) is 14.9 Å². The summed E-state index contributed by atoms with van der Waals surface area (Å²) in [5.41, 5.74) is 0.906. The molecule has 27 heavy (non-hydrogen) atoms. The number of amides is 3. The van der Waals surface area contributed by atoms with E-state index in [1.807, 2.05) is 0 Å². The number of rotatable bonds is 4. The lowest BCUT2D eigenvalue weighted by molar-refractivity contribution is -0.133. The molecular weight excluding hydrogens is 357 g/mol. The van der Waals surface area contributed by atoms with Crippen LogP contribution in [0.15, 0.2) is 18.2 Å². The van der Waals surface area contributed by atoms with Crippen molar-refractivity contribution in [3.05, 3.63) is 29.6 Å². The number of ether oxygens (including phenoxy) is 1. The lowest BCUT2D eigenvalue weighted by Gasteiger charge is -2.36. The average Bonchev–Trinajstić information content (AvgIpc) is 2.64. The number of imide groups is 1. The molecule has 0 saturated carbocycles. The number of methoxy groups -OCH3 is 1. The molecule has 1 aromatic carbocycles. The van der Waals surface area contributed by atoms with Gasteiger partial charge in [0.05, 0.1) is 12.6 Å². The first-order chi connectivity index (χ1) is 12.9. The molecule has 9 heteroatoms. The van der Waals surface area contributed by atoms with Crippen LogP contribution in [-0.4, -0.2) is 60.3 Å². The van der Waals surface area contributed by atoms with Crippen molar-refractivity contribution < 1.29 is 28.6 Å². The van der Waals surface area contributed by atoms with Gasteiger partial charge in [0.15, 0.2) is 0 Å². The highest BCUT2D eigenvalue weighted by molar-refractivity contribution is 6.01. The number of carbonyl (C=O) groups is 3. The number of benzene rings is 1. The summed E-state index contributed by atoms with van der Waals surface area (Å²) in [6, 6.07) is 4.04. The van der Waals surface area contributed by atoms with Gasteiger partial charge in [0.1, 0.15) is 11.9 Å². The first kappa shape index (κ1) is 19.1. The zero-order valence-corrected chi connectivity index (χ0v) is 14.9. The van der Waals surface area contributed by atoms with Crippen LogP contribution in [0.2, 0.25) is 0 Å². The van der Waals surface area contributed by atoms with E-state index < -0.39 is 30.0 Å². The molecule has 0 bridgehead atoms. The Morgan fingerprint density at radius 1 is 1.37 bits per heavy atom. The molecule has 3 amide bonds. The van der Waals surface area contributed by atoms with Crippen LogP contribution in [0.4, 0.5) is 14.9 Å². The summed E-state index contributed by atoms with van der Waals surface area (Å²) < 4.78 is 20.1. The maximum absolute atomic E-state index is 14.7. The molecule has 2 fully saturated rings. The number of anilines is 1. The van der Waals surface area contributed by atoms with Crippen molar-refractivity contribution in [1.29, 1.82) is 0 Å². The number of halogens is 1. The van der Waals surface area contributed by atoms with Crippen molar-refractivity contribution in [1.82, 2.24) is 10.2 Å². The average molecular weight is 379 g/mol. The van der Waals surface area contributed by atoms with Crippen LogP contribution >= 0.6 is 0 Å². The van der Waals surface area contributed by atoms with Gasteiger partial charge >= 0.3 is 6.09 Å². The predicted molar refractivity (Wildman–Crippen MR) is 93.9 cm³/mol. The highest BCUT2D eigenvalue weighted by atomic mass is 19.1. The predicted octanol–water partition coefficient (Wildman–Crippen LogP) is 1.53. The fraction of sp³-hybridized carbons (Fsp3) is 0.500. The summed E-state index contributed by atoms with van der Waals surface area (Å²) in [7, 11) is 1.49. The third-order valence-electron chi connectivity index (χ3n) is 5.11. The maximum atomic E-state index is 14.7. The highest BCUT2D eigenvalue weighted by Gasteiger charge is 2.34. The summed E-state index contributed by atoms with van der Waals surface area (Å²) in [5, 5.41) is 14.3. The van der Waals surface area contributed by atoms with E-state index in [4.69, 9.17) is 9.84 Å². The van der Waals surface area contributed by atoms with Crippen LogP contribution in [0, 0.1) is 5.82 Å². The lowest BCUT2D eigenvalue weighted by atomic mass is 9.86. The van der Waals surface area contributed by atoms with E-state index in [1.54, 1.807) is 12.1 Å².